The molecular formula is C18H24N4O2S2. The van der Waals surface area contributed by atoms with Crippen molar-refractivity contribution in [2.45, 2.75) is 43.2 Å². The van der Waals surface area contributed by atoms with Crippen LogP contribution in [0.2, 0.25) is 0 Å². The van der Waals surface area contributed by atoms with Crippen molar-refractivity contribution in [3.63, 3.8) is 0 Å². The predicted octanol–water partition coefficient (Wildman–Crippen LogP) is 3.46. The van der Waals surface area contributed by atoms with Gasteiger partial charge in [-0.25, -0.2) is 18.4 Å². The number of fused-ring (bicyclic) bond motifs is 1. The highest BCUT2D eigenvalue weighted by molar-refractivity contribution is 7.98. The van der Waals surface area contributed by atoms with Gasteiger partial charge in [-0.1, -0.05) is 25.6 Å². The zero-order chi connectivity index (χ0) is 18.7. The number of anilines is 2. The summed E-state index contributed by atoms with van der Waals surface area (Å²) in [6.07, 6.45) is 5.02. The van der Waals surface area contributed by atoms with Crippen LogP contribution in [-0.2, 0) is 22.9 Å². The molecular weight excluding hydrogens is 368 g/mol. The van der Waals surface area contributed by atoms with Gasteiger partial charge < -0.3 is 5.32 Å². The largest absolute Gasteiger partial charge is 0.340 e. The van der Waals surface area contributed by atoms with Crippen molar-refractivity contribution in [2.24, 2.45) is 0 Å². The molecule has 8 heteroatoms. The maximum Gasteiger partial charge on any atom is 0.243 e. The average Bonchev–Trinajstić information content (AvgIpc) is 3.11. The summed E-state index contributed by atoms with van der Waals surface area (Å²) >= 11 is 1.53. The Morgan fingerprint density at radius 2 is 1.81 bits per heavy atom. The zero-order valence-electron chi connectivity index (χ0n) is 15.3. The maximum absolute atomic E-state index is 12.6. The summed E-state index contributed by atoms with van der Waals surface area (Å²) in [4.78, 5) is 9.49. The maximum atomic E-state index is 12.6. The Morgan fingerprint density at radius 1 is 1.12 bits per heavy atom. The number of hydrogen-bond donors (Lipinski definition) is 1. The van der Waals surface area contributed by atoms with Crippen LogP contribution in [0.4, 0.5) is 11.5 Å². The number of hydrogen-bond acceptors (Lipinski definition) is 6. The second-order valence-corrected chi connectivity index (χ2v) is 8.79. The molecule has 1 heterocycles. The third-order valence-electron chi connectivity index (χ3n) is 4.56. The van der Waals surface area contributed by atoms with Crippen LogP contribution in [0.5, 0.6) is 0 Å². The molecule has 3 rings (SSSR count). The SMILES string of the molecule is CCN(CC)S(=O)(=O)c1ccc(Nc2nc(SC)nc3c2CCC3)cc1. The lowest BCUT2D eigenvalue weighted by molar-refractivity contribution is 0.445. The van der Waals surface area contributed by atoms with Gasteiger partial charge in [0.2, 0.25) is 10.0 Å². The van der Waals surface area contributed by atoms with Gasteiger partial charge in [-0.05, 0) is 49.8 Å². The fourth-order valence-corrected chi connectivity index (χ4v) is 5.01. The molecule has 26 heavy (non-hydrogen) atoms. The van der Waals surface area contributed by atoms with Gasteiger partial charge in [0.05, 0.1) is 10.6 Å². The third-order valence-corrected chi connectivity index (χ3v) is 7.17. The van der Waals surface area contributed by atoms with Crippen molar-refractivity contribution in [3.8, 4) is 0 Å². The minimum absolute atomic E-state index is 0.310. The molecule has 0 saturated heterocycles. The summed E-state index contributed by atoms with van der Waals surface area (Å²) in [5.74, 6) is 0.830. The second kappa shape index (κ2) is 7.94. The van der Waals surface area contributed by atoms with Crippen LogP contribution in [0.15, 0.2) is 34.3 Å². The predicted molar refractivity (Wildman–Crippen MR) is 106 cm³/mol. The van der Waals surface area contributed by atoms with Crippen LogP contribution < -0.4 is 5.32 Å². The lowest BCUT2D eigenvalue weighted by atomic mass is 10.2. The Labute approximate surface area is 159 Å². The van der Waals surface area contributed by atoms with E-state index in [2.05, 4.69) is 15.3 Å². The molecule has 1 N–H and O–H groups in total. The Balaban J connectivity index is 1.86. The van der Waals surface area contributed by atoms with Crippen LogP contribution in [0, 0.1) is 0 Å². The first-order valence-electron chi connectivity index (χ1n) is 8.80. The number of nitrogens with one attached hydrogen (secondary N) is 1. The molecule has 0 amide bonds. The van der Waals surface area contributed by atoms with Gasteiger partial charge in [0.15, 0.2) is 5.16 Å². The van der Waals surface area contributed by atoms with Crippen LogP contribution >= 0.6 is 11.8 Å². The van der Waals surface area contributed by atoms with Crippen molar-refractivity contribution in [1.82, 2.24) is 14.3 Å². The van der Waals surface area contributed by atoms with E-state index in [1.807, 2.05) is 20.1 Å². The number of nitrogens with zero attached hydrogens (tertiary/aromatic N) is 3. The molecule has 1 aromatic heterocycles. The van der Waals surface area contributed by atoms with Gasteiger partial charge in [-0.2, -0.15) is 4.31 Å². The molecule has 0 aliphatic heterocycles. The van der Waals surface area contributed by atoms with Crippen LogP contribution in [0.25, 0.3) is 0 Å². The van der Waals surface area contributed by atoms with Gasteiger partial charge in [-0.3, -0.25) is 0 Å². The standard InChI is InChI=1S/C18H24N4O2S2/c1-4-22(5-2)26(23,24)14-11-9-13(10-12-14)19-17-15-7-6-8-16(15)20-18(21-17)25-3/h9-12H,4-8H2,1-3H3,(H,19,20,21). The second-order valence-electron chi connectivity index (χ2n) is 6.08. The lowest BCUT2D eigenvalue weighted by Crippen LogP contribution is -2.30. The Bertz CT molecular complexity index is 879. The molecule has 0 saturated carbocycles. The first-order chi connectivity index (χ1) is 12.5. The number of thioether (sulfide) groups is 1. The summed E-state index contributed by atoms with van der Waals surface area (Å²) < 4.78 is 26.6. The summed E-state index contributed by atoms with van der Waals surface area (Å²) in [5.41, 5.74) is 3.11. The van der Waals surface area contributed by atoms with Crippen molar-refractivity contribution in [2.75, 3.05) is 24.7 Å². The van der Waals surface area contributed by atoms with Gasteiger partial charge in [0, 0.05) is 24.3 Å². The zero-order valence-corrected chi connectivity index (χ0v) is 17.0. The number of benzene rings is 1. The number of aryl methyl sites for hydroxylation is 1. The van der Waals surface area contributed by atoms with Crippen molar-refractivity contribution < 1.29 is 8.42 Å². The summed E-state index contributed by atoms with van der Waals surface area (Å²) in [6.45, 7) is 4.61. The first-order valence-corrected chi connectivity index (χ1v) is 11.5. The van der Waals surface area contributed by atoms with E-state index in [0.717, 1.165) is 41.6 Å². The molecule has 0 atom stereocenters. The fourth-order valence-electron chi connectivity index (χ4n) is 3.16. The number of aromatic nitrogens is 2. The van der Waals surface area contributed by atoms with E-state index < -0.39 is 10.0 Å². The monoisotopic (exact) mass is 392 g/mol. The van der Waals surface area contributed by atoms with Crippen molar-refractivity contribution in [1.29, 1.82) is 0 Å². The minimum Gasteiger partial charge on any atom is -0.340 e. The quantitative estimate of drug-likeness (QED) is 0.574. The average molecular weight is 393 g/mol. The van der Waals surface area contributed by atoms with Crippen LogP contribution in [0.1, 0.15) is 31.5 Å². The van der Waals surface area contributed by atoms with Gasteiger partial charge in [-0.15, -0.1) is 0 Å². The van der Waals surface area contributed by atoms with Gasteiger partial charge >= 0.3 is 0 Å². The normalized spacial score (nSPS) is 13.8. The van der Waals surface area contributed by atoms with E-state index in [1.54, 1.807) is 24.3 Å². The molecule has 0 bridgehead atoms. The van der Waals surface area contributed by atoms with E-state index in [0.29, 0.717) is 18.0 Å². The van der Waals surface area contributed by atoms with Gasteiger partial charge in [0.25, 0.3) is 0 Å². The van der Waals surface area contributed by atoms with E-state index in [1.165, 1.54) is 21.6 Å². The lowest BCUT2D eigenvalue weighted by Gasteiger charge is -2.18. The highest BCUT2D eigenvalue weighted by Crippen LogP contribution is 2.30. The van der Waals surface area contributed by atoms with E-state index in [-0.39, 0.29) is 0 Å². The molecule has 1 aromatic carbocycles. The highest BCUT2D eigenvalue weighted by Gasteiger charge is 2.22. The van der Waals surface area contributed by atoms with Crippen molar-refractivity contribution >= 4 is 33.3 Å². The highest BCUT2D eigenvalue weighted by atomic mass is 32.2. The molecule has 1 aliphatic rings. The van der Waals surface area contributed by atoms with E-state index in [9.17, 15) is 8.42 Å². The van der Waals surface area contributed by atoms with Crippen LogP contribution in [-0.4, -0.2) is 42.0 Å². The van der Waals surface area contributed by atoms with Crippen molar-refractivity contribution in [3.05, 3.63) is 35.5 Å². The minimum atomic E-state index is -3.43. The Morgan fingerprint density at radius 3 is 2.42 bits per heavy atom. The molecule has 6 nitrogen and oxygen atoms in total. The van der Waals surface area contributed by atoms with E-state index >= 15 is 0 Å². The summed E-state index contributed by atoms with van der Waals surface area (Å²) in [7, 11) is -3.43. The Hall–Kier alpha value is -1.64. The molecule has 1 aliphatic carbocycles. The Kier molecular flexibility index (Phi) is 5.84. The molecule has 0 unspecified atom stereocenters. The molecule has 140 valence electrons. The first kappa shape index (κ1) is 19.1. The fraction of sp³-hybridized carbons (Fsp3) is 0.444. The molecule has 2 aromatic rings. The van der Waals surface area contributed by atoms with Crippen LogP contribution in [0.3, 0.4) is 0 Å². The summed E-state index contributed by atoms with van der Waals surface area (Å²) in [6, 6.07) is 6.87. The van der Waals surface area contributed by atoms with E-state index in [4.69, 9.17) is 0 Å². The number of rotatable bonds is 7. The van der Waals surface area contributed by atoms with Gasteiger partial charge in [0.1, 0.15) is 5.82 Å². The molecule has 0 radical (unpaired) electrons. The third kappa shape index (κ3) is 3.72. The molecule has 0 fully saturated rings. The smallest absolute Gasteiger partial charge is 0.243 e. The summed E-state index contributed by atoms with van der Waals surface area (Å²) in [5, 5.41) is 4.10. The topological polar surface area (TPSA) is 75.2 Å². The molecule has 0 spiro atoms. The number of sulfonamides is 1.